The number of halogens is 4. The van der Waals surface area contributed by atoms with Crippen molar-refractivity contribution in [2.75, 3.05) is 0 Å². The molecule has 0 amide bonds. The molecule has 0 unspecified atom stereocenters. The van der Waals surface area contributed by atoms with E-state index in [0.717, 1.165) is 24.2 Å². The molecule has 2 N–H and O–H groups in total. The molecule has 3 rings (SSSR count). The molecular formula is C15H12ClF3N2. The van der Waals surface area contributed by atoms with Crippen molar-refractivity contribution in [2.45, 2.75) is 24.6 Å². The molecule has 1 aliphatic carbocycles. The van der Waals surface area contributed by atoms with E-state index in [-0.39, 0.29) is 22.5 Å². The van der Waals surface area contributed by atoms with Crippen LogP contribution in [-0.2, 0) is 6.18 Å². The quantitative estimate of drug-likeness (QED) is 0.901. The van der Waals surface area contributed by atoms with Gasteiger partial charge in [-0.3, -0.25) is 4.98 Å². The lowest BCUT2D eigenvalue weighted by Crippen LogP contribution is -2.05. The molecule has 1 fully saturated rings. The number of nitrogens with zero attached hydrogens (tertiary/aromatic N) is 1. The summed E-state index contributed by atoms with van der Waals surface area (Å²) in [6.07, 6.45) is -3.55. The first kappa shape index (κ1) is 14.4. The fraction of sp³-hybridized carbons (Fsp3) is 0.267. The summed E-state index contributed by atoms with van der Waals surface area (Å²) in [5.74, 6) is 0.189. The molecule has 0 saturated heterocycles. The highest BCUT2D eigenvalue weighted by Gasteiger charge is 2.36. The zero-order valence-corrected chi connectivity index (χ0v) is 11.6. The summed E-state index contributed by atoms with van der Waals surface area (Å²) in [7, 11) is 0. The molecule has 2 aromatic rings. The highest BCUT2D eigenvalue weighted by Crippen LogP contribution is 2.40. The Morgan fingerprint density at radius 2 is 1.90 bits per heavy atom. The number of pyridine rings is 1. The van der Waals surface area contributed by atoms with Gasteiger partial charge in [-0.05, 0) is 36.8 Å². The number of rotatable bonds is 2. The average molecular weight is 313 g/mol. The van der Waals surface area contributed by atoms with Gasteiger partial charge in [0.25, 0.3) is 0 Å². The Kier molecular flexibility index (Phi) is 3.42. The molecule has 110 valence electrons. The molecule has 0 spiro atoms. The Hall–Kier alpha value is -1.59. The number of alkyl halides is 3. The van der Waals surface area contributed by atoms with Crippen molar-refractivity contribution in [1.82, 2.24) is 4.98 Å². The summed E-state index contributed by atoms with van der Waals surface area (Å²) in [4.78, 5) is 4.41. The van der Waals surface area contributed by atoms with Crippen LogP contribution in [0.25, 0.3) is 11.3 Å². The minimum atomic E-state index is -4.41. The predicted octanol–water partition coefficient (Wildman–Crippen LogP) is 4.24. The maximum absolute atomic E-state index is 12.8. The summed E-state index contributed by atoms with van der Waals surface area (Å²) >= 11 is 6.02. The van der Waals surface area contributed by atoms with Crippen LogP contribution in [0.4, 0.5) is 13.2 Å². The van der Waals surface area contributed by atoms with Crippen molar-refractivity contribution < 1.29 is 13.2 Å². The van der Waals surface area contributed by atoms with Crippen LogP contribution < -0.4 is 5.73 Å². The Balaban J connectivity index is 2.03. The highest BCUT2D eigenvalue weighted by molar-refractivity contribution is 6.33. The van der Waals surface area contributed by atoms with Crippen molar-refractivity contribution >= 4 is 11.6 Å². The summed E-state index contributed by atoms with van der Waals surface area (Å²) in [6, 6.07) is 8.58. The molecule has 21 heavy (non-hydrogen) atoms. The maximum Gasteiger partial charge on any atom is 0.416 e. The lowest BCUT2D eigenvalue weighted by molar-refractivity contribution is -0.137. The van der Waals surface area contributed by atoms with E-state index in [2.05, 4.69) is 4.98 Å². The molecule has 1 aromatic heterocycles. The first-order chi connectivity index (χ1) is 9.86. The summed E-state index contributed by atoms with van der Waals surface area (Å²) in [5, 5.41) is 0.243. The first-order valence-corrected chi connectivity index (χ1v) is 6.83. The van der Waals surface area contributed by atoms with Gasteiger partial charge in [0.2, 0.25) is 0 Å². The lowest BCUT2D eigenvalue weighted by atomic mass is 10.1. The maximum atomic E-state index is 12.8. The fourth-order valence-electron chi connectivity index (χ4n) is 2.26. The van der Waals surface area contributed by atoms with Gasteiger partial charge in [-0.1, -0.05) is 17.7 Å². The van der Waals surface area contributed by atoms with E-state index in [1.165, 1.54) is 6.07 Å². The lowest BCUT2D eigenvalue weighted by Gasteiger charge is -2.11. The van der Waals surface area contributed by atoms with Crippen molar-refractivity contribution in [3.63, 3.8) is 0 Å². The molecule has 2 atom stereocenters. The summed E-state index contributed by atoms with van der Waals surface area (Å²) < 4.78 is 38.4. The van der Waals surface area contributed by atoms with Crippen molar-refractivity contribution in [3.8, 4) is 11.3 Å². The molecule has 1 saturated carbocycles. The van der Waals surface area contributed by atoms with Gasteiger partial charge in [-0.2, -0.15) is 13.2 Å². The number of nitrogens with two attached hydrogens (primary N) is 1. The van der Waals surface area contributed by atoms with Crippen LogP contribution in [0.1, 0.15) is 23.6 Å². The number of hydrogen-bond acceptors (Lipinski definition) is 2. The van der Waals surface area contributed by atoms with Crippen LogP contribution in [0.15, 0.2) is 36.4 Å². The SMILES string of the molecule is N[C@@H]1C[C@H]1c1cccc(-c2cc(C(F)(F)F)ccc2Cl)n1. The zero-order chi connectivity index (χ0) is 15.2. The van der Waals surface area contributed by atoms with E-state index < -0.39 is 11.7 Å². The van der Waals surface area contributed by atoms with E-state index in [0.29, 0.717) is 5.69 Å². The number of hydrogen-bond donors (Lipinski definition) is 1. The third kappa shape index (κ3) is 2.89. The van der Waals surface area contributed by atoms with E-state index in [1.807, 2.05) is 6.07 Å². The Bertz CT molecular complexity index is 685. The molecule has 0 bridgehead atoms. The van der Waals surface area contributed by atoms with Gasteiger partial charge < -0.3 is 5.73 Å². The highest BCUT2D eigenvalue weighted by atomic mass is 35.5. The van der Waals surface area contributed by atoms with E-state index in [9.17, 15) is 13.2 Å². The van der Waals surface area contributed by atoms with Crippen LogP contribution >= 0.6 is 11.6 Å². The largest absolute Gasteiger partial charge is 0.416 e. The van der Waals surface area contributed by atoms with Gasteiger partial charge in [0, 0.05) is 28.2 Å². The minimum Gasteiger partial charge on any atom is -0.327 e. The first-order valence-electron chi connectivity index (χ1n) is 6.46. The topological polar surface area (TPSA) is 38.9 Å². The van der Waals surface area contributed by atoms with E-state index in [1.54, 1.807) is 12.1 Å². The minimum absolute atomic E-state index is 0.0877. The Labute approximate surface area is 124 Å². The molecule has 2 nitrogen and oxygen atoms in total. The van der Waals surface area contributed by atoms with Crippen molar-refractivity contribution in [1.29, 1.82) is 0 Å². The second-order valence-corrected chi connectivity index (χ2v) is 5.55. The summed E-state index contributed by atoms with van der Waals surface area (Å²) in [5.41, 5.74) is 6.56. The van der Waals surface area contributed by atoms with Gasteiger partial charge in [0.15, 0.2) is 0 Å². The normalized spacial score (nSPS) is 21.4. The van der Waals surface area contributed by atoms with Gasteiger partial charge in [-0.25, -0.2) is 0 Å². The second kappa shape index (κ2) is 5.00. The molecule has 6 heteroatoms. The number of aromatic nitrogens is 1. The van der Waals surface area contributed by atoms with Gasteiger partial charge in [-0.15, -0.1) is 0 Å². The third-order valence-electron chi connectivity index (χ3n) is 3.56. The molecule has 1 heterocycles. The fourth-order valence-corrected chi connectivity index (χ4v) is 2.47. The molecular weight excluding hydrogens is 301 g/mol. The van der Waals surface area contributed by atoms with E-state index in [4.69, 9.17) is 17.3 Å². The van der Waals surface area contributed by atoms with Crippen LogP contribution in [0.2, 0.25) is 5.02 Å². The smallest absolute Gasteiger partial charge is 0.327 e. The van der Waals surface area contributed by atoms with Crippen molar-refractivity contribution in [3.05, 3.63) is 52.7 Å². The van der Waals surface area contributed by atoms with Crippen molar-refractivity contribution in [2.24, 2.45) is 5.73 Å². The monoisotopic (exact) mass is 312 g/mol. The Morgan fingerprint density at radius 1 is 1.19 bits per heavy atom. The number of benzene rings is 1. The van der Waals surface area contributed by atoms with Gasteiger partial charge >= 0.3 is 6.18 Å². The Morgan fingerprint density at radius 3 is 2.52 bits per heavy atom. The van der Waals surface area contributed by atoms with Crippen LogP contribution in [0.5, 0.6) is 0 Å². The van der Waals surface area contributed by atoms with Gasteiger partial charge in [0.05, 0.1) is 11.3 Å². The standard InChI is InChI=1S/C15H12ClF3N2/c16-11-5-4-8(15(17,18)19)6-9(11)13-2-1-3-14(21-13)10-7-12(10)20/h1-6,10,12H,7,20H2/t10-,12-/m1/s1. The molecule has 1 aromatic carbocycles. The zero-order valence-electron chi connectivity index (χ0n) is 10.9. The van der Waals surface area contributed by atoms with Crippen LogP contribution in [-0.4, -0.2) is 11.0 Å². The molecule has 0 aliphatic heterocycles. The van der Waals surface area contributed by atoms with Crippen LogP contribution in [0.3, 0.4) is 0 Å². The second-order valence-electron chi connectivity index (χ2n) is 5.15. The van der Waals surface area contributed by atoms with E-state index >= 15 is 0 Å². The predicted molar refractivity (Wildman–Crippen MR) is 75.0 cm³/mol. The summed E-state index contributed by atoms with van der Waals surface area (Å²) in [6.45, 7) is 0. The molecule has 0 radical (unpaired) electrons. The van der Waals surface area contributed by atoms with Gasteiger partial charge in [0.1, 0.15) is 0 Å². The average Bonchev–Trinajstić information content (AvgIpc) is 3.15. The van der Waals surface area contributed by atoms with Crippen LogP contribution in [0, 0.1) is 0 Å². The molecule has 1 aliphatic rings. The third-order valence-corrected chi connectivity index (χ3v) is 3.89.